The molecule has 0 aromatic heterocycles. The lowest BCUT2D eigenvalue weighted by Crippen LogP contribution is -2.34. The van der Waals surface area contributed by atoms with Gasteiger partial charge in [-0.15, -0.1) is 0 Å². The number of rotatable bonds is 3. The fourth-order valence-corrected chi connectivity index (χ4v) is 3.18. The number of benzene rings is 1. The number of halogens is 2. The molecular formula is C16H13Cl2N3O2S. The van der Waals surface area contributed by atoms with Crippen LogP contribution in [0.4, 0.5) is 5.69 Å². The first-order valence-corrected chi connectivity index (χ1v) is 8.12. The zero-order chi connectivity index (χ0) is 17.3. The van der Waals surface area contributed by atoms with Gasteiger partial charge in [-0.3, -0.25) is 0 Å². The van der Waals surface area contributed by atoms with E-state index in [1.165, 1.54) is 0 Å². The summed E-state index contributed by atoms with van der Waals surface area (Å²) in [5.74, 6) is 1.57. The van der Waals surface area contributed by atoms with Crippen LogP contribution in [0.1, 0.15) is 0 Å². The summed E-state index contributed by atoms with van der Waals surface area (Å²) in [6.07, 6.45) is 3.66. The minimum atomic E-state index is -0.233. The fraction of sp³-hybridized carbons (Fsp3) is 0.188. The Kier molecular flexibility index (Phi) is 4.89. The average molecular weight is 382 g/mol. The Morgan fingerprint density at radius 3 is 2.33 bits per heavy atom. The van der Waals surface area contributed by atoms with E-state index < -0.39 is 0 Å². The maximum absolute atomic E-state index is 6.05. The van der Waals surface area contributed by atoms with Crippen LogP contribution in [0, 0.1) is 5.92 Å². The van der Waals surface area contributed by atoms with Gasteiger partial charge in [0.2, 0.25) is 5.11 Å². The Labute approximate surface area is 154 Å². The molecule has 1 aliphatic heterocycles. The molecule has 0 saturated carbocycles. The van der Waals surface area contributed by atoms with Crippen molar-refractivity contribution in [3.05, 3.63) is 51.9 Å². The van der Waals surface area contributed by atoms with Crippen molar-refractivity contribution in [3.63, 3.8) is 0 Å². The minimum Gasteiger partial charge on any atom is -0.493 e. The molecule has 2 aliphatic rings. The molecule has 24 heavy (non-hydrogen) atoms. The molecule has 0 radical (unpaired) electrons. The number of aliphatic imine (C=N–C) groups is 2. The number of hydrogen-bond donors (Lipinski definition) is 1. The molecule has 3 rings (SSSR count). The maximum atomic E-state index is 6.05. The molecule has 8 heteroatoms. The smallest absolute Gasteiger partial charge is 0.221 e. The van der Waals surface area contributed by atoms with Gasteiger partial charge in [0.25, 0.3) is 0 Å². The second kappa shape index (κ2) is 6.93. The van der Waals surface area contributed by atoms with E-state index in [0.29, 0.717) is 33.1 Å². The Hall–Kier alpha value is -1.89. The van der Waals surface area contributed by atoms with Crippen molar-refractivity contribution in [1.82, 2.24) is 0 Å². The van der Waals surface area contributed by atoms with Gasteiger partial charge in [-0.05, 0) is 36.5 Å². The molecule has 0 bridgehead atoms. The summed E-state index contributed by atoms with van der Waals surface area (Å²) >= 11 is 17.3. The number of hydrogen-bond acceptors (Lipinski definition) is 4. The predicted octanol–water partition coefficient (Wildman–Crippen LogP) is 4.23. The SMILES string of the molecule is COC1=CC2=NC(=S)N=C(Nc3cc(Cl)cc(Cl)c3)C2C=C1OC. The lowest BCUT2D eigenvalue weighted by molar-refractivity contribution is 0.218. The summed E-state index contributed by atoms with van der Waals surface area (Å²) in [7, 11) is 3.15. The summed E-state index contributed by atoms with van der Waals surface area (Å²) in [6, 6.07) is 5.17. The summed E-state index contributed by atoms with van der Waals surface area (Å²) in [5, 5.41) is 4.49. The highest BCUT2D eigenvalue weighted by Gasteiger charge is 2.30. The molecule has 1 heterocycles. The third kappa shape index (κ3) is 3.45. The van der Waals surface area contributed by atoms with Gasteiger partial charge >= 0.3 is 0 Å². The highest BCUT2D eigenvalue weighted by molar-refractivity contribution is 7.80. The average Bonchev–Trinajstić information content (AvgIpc) is 2.52. The summed E-state index contributed by atoms with van der Waals surface area (Å²) < 4.78 is 10.7. The van der Waals surface area contributed by atoms with Crippen LogP contribution in [0.5, 0.6) is 0 Å². The Morgan fingerprint density at radius 2 is 1.71 bits per heavy atom. The van der Waals surface area contributed by atoms with Gasteiger partial charge in [-0.2, -0.15) is 0 Å². The van der Waals surface area contributed by atoms with Gasteiger partial charge < -0.3 is 14.8 Å². The number of ether oxygens (including phenoxy) is 2. The molecule has 124 valence electrons. The number of thiocarbonyl (C=S) groups is 1. The molecule has 0 amide bonds. The van der Waals surface area contributed by atoms with Crippen LogP contribution >= 0.6 is 35.4 Å². The fourth-order valence-electron chi connectivity index (χ4n) is 2.45. The number of nitrogens with one attached hydrogen (secondary N) is 1. The van der Waals surface area contributed by atoms with E-state index in [1.54, 1.807) is 38.5 Å². The third-order valence-corrected chi connectivity index (χ3v) is 4.09. The molecule has 1 atom stereocenters. The zero-order valence-electron chi connectivity index (χ0n) is 12.8. The van der Waals surface area contributed by atoms with Gasteiger partial charge in [-0.25, -0.2) is 9.98 Å². The first kappa shape index (κ1) is 17.0. The van der Waals surface area contributed by atoms with Crippen molar-refractivity contribution in [1.29, 1.82) is 0 Å². The monoisotopic (exact) mass is 381 g/mol. The molecule has 1 N–H and O–H groups in total. The molecule has 5 nitrogen and oxygen atoms in total. The molecule has 1 aromatic carbocycles. The van der Waals surface area contributed by atoms with Gasteiger partial charge in [-0.1, -0.05) is 23.2 Å². The number of methoxy groups -OCH3 is 2. The summed E-state index contributed by atoms with van der Waals surface area (Å²) in [4.78, 5) is 8.64. The third-order valence-electron chi connectivity index (χ3n) is 3.47. The van der Waals surface area contributed by atoms with Crippen LogP contribution in [0.15, 0.2) is 51.9 Å². The molecular weight excluding hydrogens is 369 g/mol. The van der Waals surface area contributed by atoms with Crippen LogP contribution < -0.4 is 5.32 Å². The van der Waals surface area contributed by atoms with Crippen molar-refractivity contribution in [2.45, 2.75) is 0 Å². The molecule has 0 saturated heterocycles. The standard InChI is InChI=1S/C16H13Cl2N3O2S/c1-22-13-6-11-12(7-14(13)23-2)20-16(24)21-15(11)19-10-4-8(17)3-9(18)5-10/h3-7,11H,1-2H3,(H,19,21,24). The topological polar surface area (TPSA) is 55.2 Å². The largest absolute Gasteiger partial charge is 0.493 e. The van der Waals surface area contributed by atoms with Crippen LogP contribution in [0.25, 0.3) is 0 Å². The van der Waals surface area contributed by atoms with Crippen LogP contribution in [-0.2, 0) is 9.47 Å². The van der Waals surface area contributed by atoms with Crippen molar-refractivity contribution in [2.75, 3.05) is 19.5 Å². The predicted molar refractivity (Wildman–Crippen MR) is 101 cm³/mol. The maximum Gasteiger partial charge on any atom is 0.221 e. The van der Waals surface area contributed by atoms with Gasteiger partial charge in [0.05, 0.1) is 25.8 Å². The first-order chi connectivity index (χ1) is 11.5. The second-order valence-electron chi connectivity index (χ2n) is 5.02. The summed E-state index contributed by atoms with van der Waals surface area (Å²) in [5.41, 5.74) is 1.44. The van der Waals surface area contributed by atoms with Crippen molar-refractivity contribution in [2.24, 2.45) is 15.9 Å². The van der Waals surface area contributed by atoms with E-state index in [-0.39, 0.29) is 11.0 Å². The van der Waals surface area contributed by atoms with E-state index in [2.05, 4.69) is 15.3 Å². The van der Waals surface area contributed by atoms with Crippen molar-refractivity contribution in [3.8, 4) is 0 Å². The highest BCUT2D eigenvalue weighted by atomic mass is 35.5. The van der Waals surface area contributed by atoms with Crippen molar-refractivity contribution >= 4 is 57.8 Å². The van der Waals surface area contributed by atoms with Crippen LogP contribution in [-0.4, -0.2) is 30.9 Å². The van der Waals surface area contributed by atoms with E-state index in [4.69, 9.17) is 44.9 Å². The van der Waals surface area contributed by atoms with Crippen LogP contribution in [0.3, 0.4) is 0 Å². The number of anilines is 1. The van der Waals surface area contributed by atoms with E-state index in [1.807, 2.05) is 6.08 Å². The highest BCUT2D eigenvalue weighted by Crippen LogP contribution is 2.28. The van der Waals surface area contributed by atoms with E-state index in [9.17, 15) is 0 Å². The number of allylic oxidation sites excluding steroid dienone is 1. The van der Waals surface area contributed by atoms with E-state index >= 15 is 0 Å². The lowest BCUT2D eigenvalue weighted by Gasteiger charge is -2.26. The Balaban J connectivity index is 1.96. The second-order valence-corrected chi connectivity index (χ2v) is 6.26. The summed E-state index contributed by atoms with van der Waals surface area (Å²) in [6.45, 7) is 0. The number of fused-ring (bicyclic) bond motifs is 1. The van der Waals surface area contributed by atoms with Crippen molar-refractivity contribution < 1.29 is 9.47 Å². The normalized spacial score (nSPS) is 19.5. The molecule has 1 unspecified atom stereocenters. The van der Waals surface area contributed by atoms with Crippen LogP contribution in [0.2, 0.25) is 10.0 Å². The van der Waals surface area contributed by atoms with Gasteiger partial charge in [0.15, 0.2) is 11.5 Å². The molecule has 0 spiro atoms. The zero-order valence-corrected chi connectivity index (χ0v) is 15.2. The Bertz CT molecular complexity index is 810. The lowest BCUT2D eigenvalue weighted by atomic mass is 9.94. The molecule has 1 aromatic rings. The van der Waals surface area contributed by atoms with E-state index in [0.717, 1.165) is 5.71 Å². The van der Waals surface area contributed by atoms with Gasteiger partial charge in [0, 0.05) is 21.8 Å². The molecule has 1 aliphatic carbocycles. The quantitative estimate of drug-likeness (QED) is 0.795. The number of nitrogens with zero attached hydrogens (tertiary/aromatic N) is 2. The first-order valence-electron chi connectivity index (χ1n) is 6.96. The molecule has 0 fully saturated rings. The minimum absolute atomic E-state index is 0.233. The Morgan fingerprint density at radius 1 is 1.04 bits per heavy atom. The van der Waals surface area contributed by atoms with Gasteiger partial charge in [0.1, 0.15) is 5.84 Å². The number of amidine groups is 1.